The van der Waals surface area contributed by atoms with Gasteiger partial charge in [0.2, 0.25) is 5.82 Å². The lowest BCUT2D eigenvalue weighted by atomic mass is 10.1. The molecule has 0 spiro atoms. The second kappa shape index (κ2) is 7.03. The lowest BCUT2D eigenvalue weighted by molar-refractivity contribution is -0.384. The molecule has 0 aliphatic carbocycles. The van der Waals surface area contributed by atoms with Crippen LogP contribution in [0, 0.1) is 15.9 Å². The summed E-state index contributed by atoms with van der Waals surface area (Å²) in [5.74, 6) is 0.604. The third-order valence-electron chi connectivity index (χ3n) is 2.90. The van der Waals surface area contributed by atoms with Crippen LogP contribution in [-0.4, -0.2) is 16.2 Å². The second-order valence-corrected chi connectivity index (χ2v) is 5.19. The standard InChI is InChI=1S/C14H14FN3O2S/c1-21-9-11-7-12(15)5-4-10(11)8-17-14-13(18(19)20)3-2-6-16-14/h2-7H,8-9H2,1H3,(H,16,17). The van der Waals surface area contributed by atoms with Gasteiger partial charge in [-0.05, 0) is 35.6 Å². The summed E-state index contributed by atoms with van der Waals surface area (Å²) in [6.45, 7) is 0.355. The van der Waals surface area contributed by atoms with Crippen LogP contribution in [0.3, 0.4) is 0 Å². The Bertz CT molecular complexity index is 652. The molecular formula is C14H14FN3O2S. The fourth-order valence-corrected chi connectivity index (χ4v) is 2.50. The monoisotopic (exact) mass is 307 g/mol. The topological polar surface area (TPSA) is 68.1 Å². The highest BCUT2D eigenvalue weighted by Crippen LogP contribution is 2.22. The number of nitrogens with zero attached hydrogens (tertiary/aromatic N) is 2. The summed E-state index contributed by atoms with van der Waals surface area (Å²) in [7, 11) is 0. The average molecular weight is 307 g/mol. The quantitative estimate of drug-likeness (QED) is 0.652. The molecule has 0 bridgehead atoms. The Morgan fingerprint density at radius 1 is 1.38 bits per heavy atom. The zero-order valence-electron chi connectivity index (χ0n) is 11.4. The normalized spacial score (nSPS) is 10.4. The van der Waals surface area contributed by atoms with E-state index in [2.05, 4.69) is 10.3 Å². The fourth-order valence-electron chi connectivity index (χ4n) is 1.92. The molecule has 21 heavy (non-hydrogen) atoms. The highest BCUT2D eigenvalue weighted by Gasteiger charge is 2.14. The first-order valence-corrected chi connectivity index (χ1v) is 7.60. The van der Waals surface area contributed by atoms with Gasteiger partial charge in [-0.2, -0.15) is 11.8 Å². The summed E-state index contributed by atoms with van der Waals surface area (Å²) in [6, 6.07) is 7.46. The molecule has 110 valence electrons. The van der Waals surface area contributed by atoms with E-state index in [1.165, 1.54) is 30.5 Å². The molecule has 0 radical (unpaired) electrons. The van der Waals surface area contributed by atoms with E-state index in [1.807, 2.05) is 6.26 Å². The highest BCUT2D eigenvalue weighted by atomic mass is 32.2. The Balaban J connectivity index is 2.19. The molecule has 1 aromatic carbocycles. The van der Waals surface area contributed by atoms with E-state index in [-0.39, 0.29) is 17.3 Å². The van der Waals surface area contributed by atoms with Gasteiger partial charge in [-0.15, -0.1) is 0 Å². The lowest BCUT2D eigenvalue weighted by Crippen LogP contribution is -2.06. The molecule has 0 aliphatic rings. The molecule has 1 heterocycles. The number of pyridine rings is 1. The Hall–Kier alpha value is -2.15. The first kappa shape index (κ1) is 15.2. The minimum Gasteiger partial charge on any atom is -0.360 e. The van der Waals surface area contributed by atoms with Gasteiger partial charge in [0, 0.05) is 24.6 Å². The third kappa shape index (κ3) is 3.91. The number of aromatic nitrogens is 1. The van der Waals surface area contributed by atoms with Crippen molar-refractivity contribution in [1.29, 1.82) is 0 Å². The van der Waals surface area contributed by atoms with Gasteiger partial charge in [-0.1, -0.05) is 6.07 Å². The highest BCUT2D eigenvalue weighted by molar-refractivity contribution is 7.97. The van der Waals surface area contributed by atoms with Crippen LogP contribution in [-0.2, 0) is 12.3 Å². The van der Waals surface area contributed by atoms with E-state index in [0.29, 0.717) is 12.3 Å². The van der Waals surface area contributed by atoms with Gasteiger partial charge in [0.05, 0.1) is 4.92 Å². The lowest BCUT2D eigenvalue weighted by Gasteiger charge is -2.10. The average Bonchev–Trinajstić information content (AvgIpc) is 2.47. The van der Waals surface area contributed by atoms with Crippen molar-refractivity contribution >= 4 is 23.3 Å². The van der Waals surface area contributed by atoms with Crippen LogP contribution in [0.15, 0.2) is 36.5 Å². The number of anilines is 1. The number of rotatable bonds is 6. The van der Waals surface area contributed by atoms with E-state index < -0.39 is 4.92 Å². The summed E-state index contributed by atoms with van der Waals surface area (Å²) in [6.07, 6.45) is 3.43. The van der Waals surface area contributed by atoms with Crippen LogP contribution >= 0.6 is 11.8 Å². The van der Waals surface area contributed by atoms with Gasteiger partial charge >= 0.3 is 5.69 Å². The van der Waals surface area contributed by atoms with Gasteiger partial charge in [0.25, 0.3) is 0 Å². The molecule has 0 saturated carbocycles. The molecule has 0 fully saturated rings. The predicted octanol–water partition coefficient (Wildman–Crippen LogP) is 3.60. The van der Waals surface area contributed by atoms with Crippen molar-refractivity contribution in [2.75, 3.05) is 11.6 Å². The molecule has 2 rings (SSSR count). The summed E-state index contributed by atoms with van der Waals surface area (Å²) in [5, 5.41) is 13.9. The molecule has 1 N–H and O–H groups in total. The van der Waals surface area contributed by atoms with Crippen molar-refractivity contribution in [3.05, 3.63) is 63.6 Å². The minimum atomic E-state index is -0.483. The Morgan fingerprint density at radius 2 is 2.19 bits per heavy atom. The summed E-state index contributed by atoms with van der Waals surface area (Å²) in [4.78, 5) is 14.4. The molecule has 0 amide bonds. The van der Waals surface area contributed by atoms with E-state index in [4.69, 9.17) is 0 Å². The molecule has 2 aromatic rings. The SMILES string of the molecule is CSCc1cc(F)ccc1CNc1ncccc1[N+](=O)[O-]. The van der Waals surface area contributed by atoms with Crippen LogP contribution in [0.25, 0.3) is 0 Å². The zero-order chi connectivity index (χ0) is 15.2. The smallest absolute Gasteiger partial charge is 0.311 e. The number of nitrogens with one attached hydrogen (secondary N) is 1. The molecule has 7 heteroatoms. The van der Waals surface area contributed by atoms with Crippen LogP contribution in [0.1, 0.15) is 11.1 Å². The van der Waals surface area contributed by atoms with E-state index in [9.17, 15) is 14.5 Å². The predicted molar refractivity (Wildman–Crippen MR) is 81.8 cm³/mol. The van der Waals surface area contributed by atoms with E-state index >= 15 is 0 Å². The fraction of sp³-hybridized carbons (Fsp3) is 0.214. The first-order valence-electron chi connectivity index (χ1n) is 6.21. The maximum Gasteiger partial charge on any atom is 0.311 e. The van der Waals surface area contributed by atoms with E-state index in [0.717, 1.165) is 11.1 Å². The molecule has 0 atom stereocenters. The number of thioether (sulfide) groups is 1. The van der Waals surface area contributed by atoms with Crippen molar-refractivity contribution in [2.45, 2.75) is 12.3 Å². The maximum absolute atomic E-state index is 13.3. The van der Waals surface area contributed by atoms with Crippen LogP contribution in [0.5, 0.6) is 0 Å². The largest absolute Gasteiger partial charge is 0.360 e. The van der Waals surface area contributed by atoms with Gasteiger partial charge in [-0.25, -0.2) is 9.37 Å². The van der Waals surface area contributed by atoms with Crippen molar-refractivity contribution in [1.82, 2.24) is 4.98 Å². The van der Waals surface area contributed by atoms with Gasteiger partial charge in [-0.3, -0.25) is 10.1 Å². The van der Waals surface area contributed by atoms with Crippen molar-refractivity contribution < 1.29 is 9.31 Å². The zero-order valence-corrected chi connectivity index (χ0v) is 12.2. The van der Waals surface area contributed by atoms with Crippen molar-refractivity contribution in [3.63, 3.8) is 0 Å². The van der Waals surface area contributed by atoms with Crippen molar-refractivity contribution in [3.8, 4) is 0 Å². The van der Waals surface area contributed by atoms with Gasteiger partial charge in [0.15, 0.2) is 0 Å². The molecule has 5 nitrogen and oxygen atoms in total. The number of halogens is 1. The molecular weight excluding hydrogens is 293 g/mol. The number of nitro groups is 1. The van der Waals surface area contributed by atoms with Gasteiger partial charge in [0.1, 0.15) is 5.82 Å². The van der Waals surface area contributed by atoms with E-state index in [1.54, 1.807) is 17.8 Å². The van der Waals surface area contributed by atoms with Crippen LogP contribution in [0.4, 0.5) is 15.9 Å². The number of benzene rings is 1. The summed E-state index contributed by atoms with van der Waals surface area (Å²) >= 11 is 1.59. The number of hydrogen-bond acceptors (Lipinski definition) is 5. The summed E-state index contributed by atoms with van der Waals surface area (Å²) in [5.41, 5.74) is 1.69. The second-order valence-electron chi connectivity index (χ2n) is 4.33. The molecule has 1 aromatic heterocycles. The molecule has 0 unspecified atom stereocenters. The molecule has 0 aliphatic heterocycles. The Kier molecular flexibility index (Phi) is 5.10. The minimum absolute atomic E-state index is 0.0778. The first-order chi connectivity index (χ1) is 10.1. The molecule has 0 saturated heterocycles. The Morgan fingerprint density at radius 3 is 2.90 bits per heavy atom. The van der Waals surface area contributed by atoms with Crippen LogP contribution in [0.2, 0.25) is 0 Å². The Labute approximate surface area is 125 Å². The number of hydrogen-bond donors (Lipinski definition) is 1. The van der Waals surface area contributed by atoms with Gasteiger partial charge < -0.3 is 5.32 Å². The maximum atomic E-state index is 13.3. The third-order valence-corrected chi connectivity index (χ3v) is 3.50. The summed E-state index contributed by atoms with van der Waals surface area (Å²) < 4.78 is 13.3. The van der Waals surface area contributed by atoms with Crippen molar-refractivity contribution in [2.24, 2.45) is 0 Å². The van der Waals surface area contributed by atoms with Crippen LogP contribution < -0.4 is 5.32 Å².